The summed E-state index contributed by atoms with van der Waals surface area (Å²) in [5.41, 5.74) is 10.7. The molecule has 7 aromatic carbocycles. The molecule has 0 saturated carbocycles. The summed E-state index contributed by atoms with van der Waals surface area (Å²) >= 11 is 0. The summed E-state index contributed by atoms with van der Waals surface area (Å²) in [4.78, 5) is 14.6. The number of nitrogens with one attached hydrogen (secondary N) is 1. The largest absolute Gasteiger partial charge is 0.308 e. The average molecular weight is 615 g/mol. The Labute approximate surface area is 279 Å². The molecule has 0 aliphatic rings. The van der Waals surface area contributed by atoms with Crippen molar-refractivity contribution in [3.05, 3.63) is 175 Å². The van der Waals surface area contributed by atoms with E-state index in [1.54, 1.807) is 0 Å². The number of benzene rings is 7. The van der Waals surface area contributed by atoms with Crippen molar-refractivity contribution < 1.29 is 0 Å². The van der Waals surface area contributed by atoms with Gasteiger partial charge in [-0.05, 0) is 49.7 Å². The molecule has 0 spiro atoms. The lowest BCUT2D eigenvalue weighted by molar-refractivity contribution is 1.07. The van der Waals surface area contributed by atoms with E-state index in [1.807, 2.05) is 72.8 Å². The molecule has 48 heavy (non-hydrogen) atoms. The Bertz CT molecular complexity index is 2310. The molecule has 0 aliphatic heterocycles. The van der Waals surface area contributed by atoms with Gasteiger partial charge in [0.05, 0.1) is 0 Å². The van der Waals surface area contributed by atoms with Gasteiger partial charge in [-0.25, -0.2) is 15.0 Å². The zero-order valence-electron chi connectivity index (χ0n) is 26.1. The van der Waals surface area contributed by atoms with Gasteiger partial charge in [-0.2, -0.15) is 0 Å². The van der Waals surface area contributed by atoms with Crippen LogP contribution in [0.3, 0.4) is 0 Å². The third kappa shape index (κ3) is 5.68. The molecule has 8 aromatic rings. The van der Waals surface area contributed by atoms with E-state index in [4.69, 9.17) is 20.4 Å². The van der Waals surface area contributed by atoms with Gasteiger partial charge in [-0.15, -0.1) is 0 Å². The van der Waals surface area contributed by atoms with Gasteiger partial charge in [0.25, 0.3) is 0 Å². The predicted molar refractivity (Wildman–Crippen MR) is 198 cm³/mol. The fourth-order valence-electron chi connectivity index (χ4n) is 6.15. The smallest absolute Gasteiger partial charge is 0.164 e. The van der Waals surface area contributed by atoms with E-state index in [0.717, 1.165) is 38.9 Å². The molecular formula is C44H30N4. The first-order chi connectivity index (χ1) is 23.7. The molecule has 0 unspecified atom stereocenters. The predicted octanol–water partition coefficient (Wildman–Crippen LogP) is 11.0. The fourth-order valence-corrected chi connectivity index (χ4v) is 6.15. The van der Waals surface area contributed by atoms with E-state index in [-0.39, 0.29) is 0 Å². The number of fused-ring (bicyclic) bond motifs is 1. The maximum atomic E-state index is 7.46. The van der Waals surface area contributed by atoms with E-state index in [2.05, 4.69) is 97.1 Å². The van der Waals surface area contributed by atoms with Gasteiger partial charge in [0.1, 0.15) is 0 Å². The topological polar surface area (TPSA) is 62.5 Å². The Morgan fingerprint density at radius 1 is 0.312 bits per heavy atom. The van der Waals surface area contributed by atoms with Crippen LogP contribution >= 0.6 is 0 Å². The number of hydrogen-bond acceptors (Lipinski definition) is 4. The highest BCUT2D eigenvalue weighted by molar-refractivity contribution is 6.05. The molecule has 0 aliphatic carbocycles. The molecule has 0 radical (unpaired) electrons. The zero-order chi connectivity index (χ0) is 32.3. The van der Waals surface area contributed by atoms with Crippen LogP contribution in [-0.4, -0.2) is 21.2 Å². The van der Waals surface area contributed by atoms with Crippen molar-refractivity contribution in [2.24, 2.45) is 0 Å². The third-order valence-corrected chi connectivity index (χ3v) is 8.68. The first-order valence-corrected chi connectivity index (χ1v) is 15.9. The maximum absolute atomic E-state index is 7.46. The average Bonchev–Trinajstić information content (AvgIpc) is 3.18. The minimum atomic E-state index is 0.642. The van der Waals surface area contributed by atoms with E-state index in [1.165, 1.54) is 33.7 Å². The monoisotopic (exact) mass is 614 g/mol. The normalized spacial score (nSPS) is 11.0. The lowest BCUT2D eigenvalue weighted by Crippen LogP contribution is -2.00. The van der Waals surface area contributed by atoms with E-state index in [9.17, 15) is 0 Å². The summed E-state index contributed by atoms with van der Waals surface area (Å²) in [5.74, 6) is 1.95. The van der Waals surface area contributed by atoms with Crippen LogP contribution in [-0.2, 0) is 0 Å². The first kappa shape index (κ1) is 28.9. The second-order valence-corrected chi connectivity index (χ2v) is 11.7. The fraction of sp³-hybridized carbons (Fsp3) is 0. The Balaban J connectivity index is 1.14. The van der Waals surface area contributed by atoms with Crippen molar-refractivity contribution in [3.63, 3.8) is 0 Å². The molecule has 0 saturated heterocycles. The summed E-state index contributed by atoms with van der Waals surface area (Å²) in [6, 6.07) is 58.5. The molecule has 1 N–H and O–H groups in total. The number of aromatic nitrogens is 3. The summed E-state index contributed by atoms with van der Waals surface area (Å²) in [6.07, 6.45) is 1.37. The molecule has 0 fully saturated rings. The van der Waals surface area contributed by atoms with E-state index in [0.29, 0.717) is 17.5 Å². The third-order valence-electron chi connectivity index (χ3n) is 8.68. The highest BCUT2D eigenvalue weighted by Crippen LogP contribution is 2.37. The van der Waals surface area contributed by atoms with Crippen LogP contribution in [0.15, 0.2) is 170 Å². The van der Waals surface area contributed by atoms with Gasteiger partial charge in [-0.3, -0.25) is 0 Å². The van der Waals surface area contributed by atoms with Gasteiger partial charge in [0, 0.05) is 22.9 Å². The first-order valence-electron chi connectivity index (χ1n) is 15.9. The van der Waals surface area contributed by atoms with Gasteiger partial charge in [0.15, 0.2) is 17.5 Å². The van der Waals surface area contributed by atoms with Crippen LogP contribution in [0.1, 0.15) is 5.56 Å². The molecule has 1 aromatic heterocycles. The molecular weight excluding hydrogens is 585 g/mol. The van der Waals surface area contributed by atoms with Crippen molar-refractivity contribution >= 4 is 17.0 Å². The van der Waals surface area contributed by atoms with Crippen LogP contribution in [0, 0.1) is 5.41 Å². The lowest BCUT2D eigenvalue weighted by Gasteiger charge is -2.13. The maximum Gasteiger partial charge on any atom is 0.164 e. The molecule has 4 nitrogen and oxygen atoms in total. The zero-order valence-corrected chi connectivity index (χ0v) is 26.1. The van der Waals surface area contributed by atoms with Crippen LogP contribution in [0.25, 0.3) is 78.3 Å². The Hall–Kier alpha value is -6.52. The highest BCUT2D eigenvalue weighted by atomic mass is 15.0. The van der Waals surface area contributed by atoms with Gasteiger partial charge in [0.2, 0.25) is 0 Å². The summed E-state index contributed by atoms with van der Waals surface area (Å²) in [7, 11) is 0. The van der Waals surface area contributed by atoms with Gasteiger partial charge < -0.3 is 5.41 Å². The van der Waals surface area contributed by atoms with Crippen molar-refractivity contribution in [1.29, 1.82) is 5.41 Å². The van der Waals surface area contributed by atoms with Crippen molar-refractivity contribution in [2.75, 3.05) is 0 Å². The standard InChI is InChI=1S/C44H30N4/c45-29-30-15-17-31(18-16-30)32-19-21-33(22-20-32)38-27-28-39(41-14-8-7-13-40(38)41)34-23-25-37(26-24-34)44-47-42(35-9-3-1-4-10-35)46-43(48-44)36-11-5-2-6-12-36/h1-29,45H. The minimum Gasteiger partial charge on any atom is -0.308 e. The van der Waals surface area contributed by atoms with E-state index >= 15 is 0 Å². The van der Waals surface area contributed by atoms with Crippen molar-refractivity contribution in [2.45, 2.75) is 0 Å². The van der Waals surface area contributed by atoms with Crippen molar-refractivity contribution in [1.82, 2.24) is 15.0 Å². The number of nitrogens with zero attached hydrogens (tertiary/aromatic N) is 3. The minimum absolute atomic E-state index is 0.642. The van der Waals surface area contributed by atoms with Gasteiger partial charge in [-0.1, -0.05) is 170 Å². The second kappa shape index (κ2) is 12.7. The van der Waals surface area contributed by atoms with Crippen LogP contribution in [0.5, 0.6) is 0 Å². The number of rotatable bonds is 7. The molecule has 0 bridgehead atoms. The molecule has 0 amide bonds. The van der Waals surface area contributed by atoms with E-state index < -0.39 is 0 Å². The van der Waals surface area contributed by atoms with Crippen molar-refractivity contribution in [3.8, 4) is 67.5 Å². The Kier molecular flexibility index (Phi) is 7.65. The lowest BCUT2D eigenvalue weighted by atomic mass is 9.91. The molecule has 226 valence electrons. The quantitative estimate of drug-likeness (QED) is 0.182. The highest BCUT2D eigenvalue weighted by Gasteiger charge is 2.14. The molecule has 1 heterocycles. The summed E-state index contributed by atoms with van der Waals surface area (Å²) < 4.78 is 0. The van der Waals surface area contributed by atoms with Crippen LogP contribution in [0.2, 0.25) is 0 Å². The second-order valence-electron chi connectivity index (χ2n) is 11.7. The number of hydrogen-bond donors (Lipinski definition) is 1. The molecule has 0 atom stereocenters. The summed E-state index contributed by atoms with van der Waals surface area (Å²) in [6.45, 7) is 0. The Morgan fingerprint density at radius 2 is 0.646 bits per heavy atom. The van der Waals surface area contributed by atoms with Gasteiger partial charge >= 0.3 is 0 Å². The molecule has 8 rings (SSSR count). The summed E-state index contributed by atoms with van der Waals surface area (Å²) in [5, 5.41) is 9.87. The molecule has 4 heteroatoms. The van der Waals surface area contributed by atoms with Crippen LogP contribution < -0.4 is 0 Å². The van der Waals surface area contributed by atoms with Crippen LogP contribution in [0.4, 0.5) is 0 Å². The SMILES string of the molecule is N=Cc1ccc(-c2ccc(-c3ccc(-c4ccc(-c5nc(-c6ccccc6)nc(-c6ccccc6)n5)cc4)c4ccccc34)cc2)cc1. The Morgan fingerprint density at radius 3 is 1.06 bits per heavy atom.